The number of aromatic nitrogens is 2. The molecule has 23 heavy (non-hydrogen) atoms. The van der Waals surface area contributed by atoms with Gasteiger partial charge in [-0.3, -0.25) is 9.58 Å². The molecule has 7 heteroatoms. The third-order valence-corrected chi connectivity index (χ3v) is 3.93. The van der Waals surface area contributed by atoms with Crippen LogP contribution in [0.1, 0.15) is 11.7 Å². The maximum Gasteiger partial charge on any atom is 0.159 e. The summed E-state index contributed by atoms with van der Waals surface area (Å²) in [6.45, 7) is 2.90. The maximum atomic E-state index is 13.3. The van der Waals surface area contributed by atoms with Crippen molar-refractivity contribution in [3.8, 4) is 0 Å². The summed E-state index contributed by atoms with van der Waals surface area (Å²) in [6.07, 6.45) is 2.71. The topological polar surface area (TPSA) is 50.5 Å². The predicted octanol–water partition coefficient (Wildman–Crippen LogP) is 1.60. The zero-order valence-electron chi connectivity index (χ0n) is 12.6. The van der Waals surface area contributed by atoms with Gasteiger partial charge in [0.25, 0.3) is 0 Å². The van der Waals surface area contributed by atoms with Crippen LogP contribution in [-0.2, 0) is 11.3 Å². The Morgan fingerprint density at radius 1 is 1.35 bits per heavy atom. The van der Waals surface area contributed by atoms with Crippen LogP contribution in [0.5, 0.6) is 0 Å². The van der Waals surface area contributed by atoms with Gasteiger partial charge in [-0.05, 0) is 23.8 Å². The van der Waals surface area contributed by atoms with E-state index in [1.54, 1.807) is 10.9 Å². The number of ether oxygens (including phenoxy) is 1. The fourth-order valence-corrected chi connectivity index (χ4v) is 2.74. The first kappa shape index (κ1) is 16.0. The molecule has 0 spiro atoms. The summed E-state index contributed by atoms with van der Waals surface area (Å²) >= 11 is 0. The quantitative estimate of drug-likeness (QED) is 0.908. The average molecular weight is 323 g/mol. The van der Waals surface area contributed by atoms with Gasteiger partial charge in [0, 0.05) is 32.0 Å². The molecule has 5 nitrogen and oxygen atoms in total. The number of nitrogens with zero attached hydrogens (tertiary/aromatic N) is 3. The van der Waals surface area contributed by atoms with E-state index < -0.39 is 17.7 Å². The van der Waals surface area contributed by atoms with E-state index in [1.807, 2.05) is 12.3 Å². The third kappa shape index (κ3) is 4.13. The van der Waals surface area contributed by atoms with Crippen LogP contribution in [0.4, 0.5) is 8.78 Å². The molecule has 0 amide bonds. The average Bonchev–Trinajstić information content (AvgIpc) is 3.03. The molecule has 1 saturated heterocycles. The highest BCUT2D eigenvalue weighted by Crippen LogP contribution is 2.19. The zero-order valence-corrected chi connectivity index (χ0v) is 12.6. The van der Waals surface area contributed by atoms with Crippen molar-refractivity contribution in [2.45, 2.75) is 18.8 Å². The number of β-amino-alcohol motifs (C(OH)–C–C–N with tert-alkyl or cyclic N) is 1. The molecule has 1 aromatic carbocycles. The summed E-state index contributed by atoms with van der Waals surface area (Å²) in [5.74, 6) is -1.85. The van der Waals surface area contributed by atoms with Gasteiger partial charge in [-0.25, -0.2) is 8.78 Å². The minimum absolute atomic E-state index is 0.0131. The molecular weight excluding hydrogens is 304 g/mol. The number of rotatable bonds is 5. The maximum absolute atomic E-state index is 13.3. The Hall–Kier alpha value is -1.83. The van der Waals surface area contributed by atoms with Gasteiger partial charge in [0.05, 0.1) is 25.4 Å². The number of hydrogen-bond acceptors (Lipinski definition) is 4. The van der Waals surface area contributed by atoms with Crippen molar-refractivity contribution in [2.75, 3.05) is 26.2 Å². The lowest BCUT2D eigenvalue weighted by atomic mass is 10.1. The van der Waals surface area contributed by atoms with Crippen molar-refractivity contribution in [3.63, 3.8) is 0 Å². The van der Waals surface area contributed by atoms with Crippen LogP contribution in [0.2, 0.25) is 0 Å². The normalized spacial score (nSPS) is 20.6. The van der Waals surface area contributed by atoms with E-state index in [0.717, 1.165) is 12.1 Å². The minimum Gasteiger partial charge on any atom is -0.387 e. The van der Waals surface area contributed by atoms with Gasteiger partial charge in [-0.2, -0.15) is 5.10 Å². The van der Waals surface area contributed by atoms with Crippen LogP contribution in [0, 0.1) is 11.6 Å². The lowest BCUT2D eigenvalue weighted by Crippen LogP contribution is -2.45. The molecule has 1 aliphatic heterocycles. The number of morpholine rings is 1. The second kappa shape index (κ2) is 7.16. The lowest BCUT2D eigenvalue weighted by Gasteiger charge is -2.34. The van der Waals surface area contributed by atoms with Crippen LogP contribution in [0.3, 0.4) is 0 Å². The number of aliphatic hydroxyl groups is 1. The van der Waals surface area contributed by atoms with Crippen LogP contribution >= 0.6 is 0 Å². The van der Waals surface area contributed by atoms with E-state index in [2.05, 4.69) is 10.00 Å². The van der Waals surface area contributed by atoms with Crippen LogP contribution in [0.15, 0.2) is 36.7 Å². The molecule has 2 heterocycles. The highest BCUT2D eigenvalue weighted by Gasteiger charge is 2.23. The largest absolute Gasteiger partial charge is 0.387 e. The van der Waals surface area contributed by atoms with Gasteiger partial charge in [0.15, 0.2) is 11.6 Å². The van der Waals surface area contributed by atoms with E-state index >= 15 is 0 Å². The third-order valence-electron chi connectivity index (χ3n) is 3.93. The number of hydrogen-bond donors (Lipinski definition) is 1. The molecule has 1 aromatic heterocycles. The Bertz CT molecular complexity index is 636. The first-order chi connectivity index (χ1) is 11.1. The number of aliphatic hydroxyl groups excluding tert-OH is 1. The van der Waals surface area contributed by atoms with Gasteiger partial charge in [0.2, 0.25) is 0 Å². The molecule has 2 atom stereocenters. The summed E-state index contributed by atoms with van der Waals surface area (Å²) in [4.78, 5) is 2.06. The Labute approximate surface area is 133 Å². The molecule has 124 valence electrons. The molecule has 0 unspecified atom stereocenters. The monoisotopic (exact) mass is 323 g/mol. The van der Waals surface area contributed by atoms with Crippen molar-refractivity contribution in [2.24, 2.45) is 0 Å². The van der Waals surface area contributed by atoms with E-state index in [4.69, 9.17) is 4.74 Å². The lowest BCUT2D eigenvalue weighted by molar-refractivity contribution is -0.0486. The Morgan fingerprint density at radius 2 is 2.22 bits per heavy atom. The minimum atomic E-state index is -0.944. The highest BCUT2D eigenvalue weighted by molar-refractivity contribution is 5.20. The summed E-state index contributed by atoms with van der Waals surface area (Å²) in [6, 6.07) is 5.34. The van der Waals surface area contributed by atoms with Crippen LogP contribution < -0.4 is 0 Å². The van der Waals surface area contributed by atoms with Crippen molar-refractivity contribution in [1.82, 2.24) is 14.7 Å². The smallest absolute Gasteiger partial charge is 0.159 e. The molecular formula is C16H19F2N3O2. The standard InChI is InChI=1S/C16H19F2N3O2/c17-14-3-2-12(8-15(14)18)16(22)11-20-6-7-23-13(9-20)10-21-5-1-4-19-21/h1-5,8,13,16,22H,6-7,9-11H2/t13-,16+/m1/s1. The molecule has 0 aliphatic carbocycles. The summed E-state index contributed by atoms with van der Waals surface area (Å²) in [7, 11) is 0. The Balaban J connectivity index is 1.57. The molecule has 1 N–H and O–H groups in total. The first-order valence-electron chi connectivity index (χ1n) is 7.56. The first-order valence-corrected chi connectivity index (χ1v) is 7.56. The van der Waals surface area contributed by atoms with Crippen molar-refractivity contribution in [1.29, 1.82) is 0 Å². The SMILES string of the molecule is O[C@@H](CN1CCO[C@@H](Cn2cccn2)C1)c1ccc(F)c(F)c1. The van der Waals surface area contributed by atoms with Gasteiger partial charge in [-0.1, -0.05) is 6.07 Å². The molecule has 2 aromatic rings. The van der Waals surface area contributed by atoms with E-state index in [-0.39, 0.29) is 6.10 Å². The summed E-state index contributed by atoms with van der Waals surface area (Å²) in [5, 5.41) is 14.4. The predicted molar refractivity (Wildman–Crippen MR) is 79.7 cm³/mol. The van der Waals surface area contributed by atoms with Gasteiger partial charge >= 0.3 is 0 Å². The molecule has 0 radical (unpaired) electrons. The number of benzene rings is 1. The van der Waals surface area contributed by atoms with E-state index in [9.17, 15) is 13.9 Å². The Morgan fingerprint density at radius 3 is 2.96 bits per heavy atom. The zero-order chi connectivity index (χ0) is 16.2. The summed E-state index contributed by atoms with van der Waals surface area (Å²) in [5.41, 5.74) is 0.374. The second-order valence-electron chi connectivity index (χ2n) is 5.67. The van der Waals surface area contributed by atoms with Gasteiger partial charge < -0.3 is 9.84 Å². The molecule has 3 rings (SSSR count). The van der Waals surface area contributed by atoms with Crippen LogP contribution in [0.25, 0.3) is 0 Å². The fraction of sp³-hybridized carbons (Fsp3) is 0.438. The fourth-order valence-electron chi connectivity index (χ4n) is 2.74. The molecule has 0 bridgehead atoms. The van der Waals surface area contributed by atoms with Gasteiger partial charge in [-0.15, -0.1) is 0 Å². The number of halogens is 2. The summed E-state index contributed by atoms with van der Waals surface area (Å²) < 4.78 is 33.7. The van der Waals surface area contributed by atoms with Crippen molar-refractivity contribution in [3.05, 3.63) is 53.9 Å². The van der Waals surface area contributed by atoms with E-state index in [1.165, 1.54) is 6.07 Å². The van der Waals surface area contributed by atoms with E-state index in [0.29, 0.717) is 38.3 Å². The Kier molecular flexibility index (Phi) is 5.00. The van der Waals surface area contributed by atoms with Gasteiger partial charge in [0.1, 0.15) is 0 Å². The molecule has 1 fully saturated rings. The molecule has 0 saturated carbocycles. The van der Waals surface area contributed by atoms with Crippen molar-refractivity contribution < 1.29 is 18.6 Å². The highest BCUT2D eigenvalue weighted by atomic mass is 19.2. The molecule has 1 aliphatic rings. The van der Waals surface area contributed by atoms with Crippen molar-refractivity contribution >= 4 is 0 Å². The second-order valence-corrected chi connectivity index (χ2v) is 5.67. The van der Waals surface area contributed by atoms with Crippen LogP contribution in [-0.4, -0.2) is 52.1 Å².